The van der Waals surface area contributed by atoms with E-state index in [-0.39, 0.29) is 16.4 Å². The van der Waals surface area contributed by atoms with Crippen molar-refractivity contribution >= 4 is 12.4 Å². The van der Waals surface area contributed by atoms with Gasteiger partial charge in [0.2, 0.25) is 0 Å². The van der Waals surface area contributed by atoms with Crippen LogP contribution in [0.4, 0.5) is 0 Å². The van der Waals surface area contributed by atoms with E-state index in [1.165, 1.54) is 38.5 Å². The number of hydrogen-bond donors (Lipinski definition) is 0. The summed E-state index contributed by atoms with van der Waals surface area (Å²) in [6.45, 7) is 14.0. The van der Waals surface area contributed by atoms with E-state index in [0.717, 1.165) is 17.8 Å². The van der Waals surface area contributed by atoms with Crippen molar-refractivity contribution in [1.82, 2.24) is 0 Å². The van der Waals surface area contributed by atoms with Crippen LogP contribution < -0.4 is 0 Å². The quantitative estimate of drug-likeness (QED) is 0.572. The number of rotatable bonds is 5. The third kappa shape index (κ3) is 3.88. The van der Waals surface area contributed by atoms with Gasteiger partial charge < -0.3 is 4.99 Å². The Morgan fingerprint density at radius 3 is 2.26 bits per heavy atom. The zero-order valence-corrected chi connectivity index (χ0v) is 16.5. The summed E-state index contributed by atoms with van der Waals surface area (Å²) in [5.74, 6) is 2.66. The molecule has 2 heteroatoms. The lowest BCUT2D eigenvalue weighted by molar-refractivity contribution is 0.0714. The van der Waals surface area contributed by atoms with Crippen molar-refractivity contribution in [2.24, 2.45) is 38.6 Å². The summed E-state index contributed by atoms with van der Waals surface area (Å²) < 4.78 is 0. The van der Waals surface area contributed by atoms with Gasteiger partial charge in [0.15, 0.2) is 0 Å². The maximum absolute atomic E-state index is 5.26. The maximum Gasteiger partial charge on any atom is 0.0607 e. The third-order valence-electron chi connectivity index (χ3n) is 7.04. The van der Waals surface area contributed by atoms with Crippen LogP contribution in [0, 0.1) is 28.6 Å². The molecule has 132 valence electrons. The monoisotopic (exact) mass is 318 g/mol. The van der Waals surface area contributed by atoms with Crippen LogP contribution in [0.5, 0.6) is 0 Å². The molecule has 0 aromatic heterocycles. The first-order valence-corrected chi connectivity index (χ1v) is 9.62. The van der Waals surface area contributed by atoms with Crippen LogP contribution in [-0.2, 0) is 0 Å². The number of fused-ring (bicyclic) bond motifs is 2. The van der Waals surface area contributed by atoms with Crippen LogP contribution in [0.3, 0.4) is 0 Å². The molecule has 2 bridgehead atoms. The predicted molar refractivity (Wildman–Crippen MR) is 103 cm³/mol. The normalized spacial score (nSPS) is 33.0. The Labute approximate surface area is 144 Å². The fraction of sp³-hybridized carbons (Fsp3) is 0.905. The molecule has 2 rings (SSSR count). The highest BCUT2D eigenvalue weighted by Crippen LogP contribution is 2.50. The average Bonchev–Trinajstić information content (AvgIpc) is 2.45. The Hall–Kier alpha value is -0.660. The van der Waals surface area contributed by atoms with E-state index in [1.807, 2.05) is 7.05 Å². The minimum absolute atomic E-state index is 0.0309. The molecule has 0 amide bonds. The molecule has 0 spiro atoms. The Kier molecular flexibility index (Phi) is 5.43. The highest BCUT2D eigenvalue weighted by atomic mass is 14.9. The van der Waals surface area contributed by atoms with Gasteiger partial charge in [-0.15, -0.1) is 0 Å². The van der Waals surface area contributed by atoms with Gasteiger partial charge in [-0.05, 0) is 49.9 Å². The van der Waals surface area contributed by atoms with Crippen molar-refractivity contribution in [2.45, 2.75) is 85.6 Å². The van der Waals surface area contributed by atoms with Gasteiger partial charge in [0, 0.05) is 30.3 Å². The molecular weight excluding hydrogens is 280 g/mol. The van der Waals surface area contributed by atoms with E-state index in [9.17, 15) is 0 Å². The molecule has 2 fully saturated rings. The van der Waals surface area contributed by atoms with E-state index in [4.69, 9.17) is 4.99 Å². The van der Waals surface area contributed by atoms with Crippen molar-refractivity contribution in [3.63, 3.8) is 0 Å². The van der Waals surface area contributed by atoms with E-state index in [0.29, 0.717) is 0 Å². The van der Waals surface area contributed by atoms with Gasteiger partial charge in [0.25, 0.3) is 0 Å². The molecular formula is C21H38N2. The highest BCUT2D eigenvalue weighted by Gasteiger charge is 2.44. The molecule has 0 aromatic carbocycles. The Balaban J connectivity index is 2.16. The molecule has 2 aliphatic rings. The molecule has 0 radical (unpaired) electrons. The smallest absolute Gasteiger partial charge is 0.0607 e. The van der Waals surface area contributed by atoms with Crippen LogP contribution in [-0.4, -0.2) is 25.0 Å². The van der Waals surface area contributed by atoms with Gasteiger partial charge in [-0.3, -0.25) is 4.99 Å². The lowest BCUT2D eigenvalue weighted by Crippen LogP contribution is -2.44. The second-order valence-electron chi connectivity index (χ2n) is 9.62. The third-order valence-corrected chi connectivity index (χ3v) is 7.04. The first-order chi connectivity index (χ1) is 10.6. The van der Waals surface area contributed by atoms with E-state index in [2.05, 4.69) is 59.0 Å². The molecule has 23 heavy (non-hydrogen) atoms. The van der Waals surface area contributed by atoms with Gasteiger partial charge in [-0.25, -0.2) is 0 Å². The Morgan fingerprint density at radius 2 is 1.65 bits per heavy atom. The van der Waals surface area contributed by atoms with Gasteiger partial charge in [-0.1, -0.05) is 48.0 Å². The fourth-order valence-electron chi connectivity index (χ4n) is 4.66. The highest BCUT2D eigenvalue weighted by molar-refractivity contribution is 5.77. The maximum atomic E-state index is 5.26. The van der Waals surface area contributed by atoms with E-state index < -0.39 is 0 Å². The summed E-state index contributed by atoms with van der Waals surface area (Å²) >= 11 is 0. The second-order valence-corrected chi connectivity index (χ2v) is 9.62. The van der Waals surface area contributed by atoms with Gasteiger partial charge >= 0.3 is 0 Å². The van der Waals surface area contributed by atoms with Crippen LogP contribution in [0.1, 0.15) is 80.1 Å². The van der Waals surface area contributed by atoms with E-state index in [1.54, 1.807) is 0 Å². The summed E-state index contributed by atoms with van der Waals surface area (Å²) in [6, 6.07) is 0. The largest absolute Gasteiger partial charge is 0.300 e. The Morgan fingerprint density at radius 1 is 1.00 bits per heavy atom. The summed E-state index contributed by atoms with van der Waals surface area (Å²) in [5, 5.41) is 0. The second kappa shape index (κ2) is 6.69. The van der Waals surface area contributed by atoms with Gasteiger partial charge in [-0.2, -0.15) is 0 Å². The van der Waals surface area contributed by atoms with Crippen molar-refractivity contribution < 1.29 is 0 Å². The number of nitrogens with zero attached hydrogens (tertiary/aromatic N) is 2. The number of hydrogen-bond acceptors (Lipinski definition) is 2. The minimum atomic E-state index is 0.0309. The van der Waals surface area contributed by atoms with Crippen LogP contribution in [0.15, 0.2) is 9.98 Å². The molecule has 0 heterocycles. The molecule has 0 N–H and O–H groups in total. The SMILES string of the molecule is CN=CC(C)(C)C(C)(C)C=NC12CCCC(C1)C(C(C)C)CC2. The summed E-state index contributed by atoms with van der Waals surface area (Å²) in [5.41, 5.74) is 0.305. The lowest BCUT2D eigenvalue weighted by Gasteiger charge is -2.48. The first-order valence-electron chi connectivity index (χ1n) is 9.62. The molecule has 0 saturated heterocycles. The van der Waals surface area contributed by atoms with Gasteiger partial charge in [0.1, 0.15) is 0 Å². The standard InChI is InChI=1S/C21H38N2/c1-16(2)18-10-12-21(11-8-9-17(18)13-21)23-15-20(5,6)19(3,4)14-22-7/h14-18H,8-13H2,1-7H3. The van der Waals surface area contributed by atoms with Crippen LogP contribution in [0.2, 0.25) is 0 Å². The first kappa shape index (κ1) is 18.7. The van der Waals surface area contributed by atoms with Crippen LogP contribution >= 0.6 is 0 Å². The van der Waals surface area contributed by atoms with Gasteiger partial charge in [0.05, 0.1) is 5.54 Å². The van der Waals surface area contributed by atoms with Crippen molar-refractivity contribution in [3.05, 3.63) is 0 Å². The molecule has 3 unspecified atom stereocenters. The van der Waals surface area contributed by atoms with Crippen molar-refractivity contribution in [2.75, 3.05) is 7.05 Å². The fourth-order valence-corrected chi connectivity index (χ4v) is 4.66. The molecule has 2 aliphatic carbocycles. The predicted octanol–water partition coefficient (Wildman–Crippen LogP) is 5.81. The molecule has 3 atom stereocenters. The summed E-state index contributed by atoms with van der Waals surface area (Å²) in [6.07, 6.45) is 12.4. The summed E-state index contributed by atoms with van der Waals surface area (Å²) in [4.78, 5) is 9.53. The zero-order chi connectivity index (χ0) is 17.3. The van der Waals surface area contributed by atoms with Crippen LogP contribution in [0.25, 0.3) is 0 Å². The Bertz CT molecular complexity index is 458. The molecule has 0 aliphatic heterocycles. The van der Waals surface area contributed by atoms with Crippen molar-refractivity contribution in [3.8, 4) is 0 Å². The minimum Gasteiger partial charge on any atom is -0.300 e. The zero-order valence-electron chi connectivity index (χ0n) is 16.5. The average molecular weight is 319 g/mol. The number of aliphatic imine (C=N–C) groups is 2. The van der Waals surface area contributed by atoms with Crippen molar-refractivity contribution in [1.29, 1.82) is 0 Å². The topological polar surface area (TPSA) is 24.7 Å². The molecule has 2 nitrogen and oxygen atoms in total. The lowest BCUT2D eigenvalue weighted by atomic mass is 9.60. The molecule has 2 saturated carbocycles. The summed E-state index contributed by atoms with van der Waals surface area (Å²) in [7, 11) is 1.87. The van der Waals surface area contributed by atoms with E-state index >= 15 is 0 Å². The molecule has 0 aromatic rings.